The number of nitrogens with zero attached hydrogens (tertiary/aromatic N) is 3. The highest BCUT2D eigenvalue weighted by atomic mass is 16.5. The zero-order valence-electron chi connectivity index (χ0n) is 15.0. The molecule has 2 aromatic carbocycles. The highest BCUT2D eigenvalue weighted by Gasteiger charge is 2.33. The number of rotatable bonds is 5. The van der Waals surface area contributed by atoms with Crippen LogP contribution in [0.25, 0.3) is 5.69 Å². The summed E-state index contributed by atoms with van der Waals surface area (Å²) in [5, 5.41) is 22.2. The number of benzene rings is 2. The van der Waals surface area contributed by atoms with E-state index in [-0.39, 0.29) is 5.56 Å². The lowest BCUT2D eigenvalue weighted by Gasteiger charge is -2.19. The number of para-hydroxylation sites is 2. The lowest BCUT2D eigenvalue weighted by atomic mass is 9.81. The van der Waals surface area contributed by atoms with Crippen LogP contribution in [0.5, 0.6) is 5.75 Å². The van der Waals surface area contributed by atoms with Gasteiger partial charge < -0.3 is 4.74 Å². The number of methoxy groups -OCH3 is 1. The van der Waals surface area contributed by atoms with Crippen molar-refractivity contribution in [2.75, 3.05) is 7.11 Å². The molecule has 1 atom stereocenters. The van der Waals surface area contributed by atoms with Crippen molar-refractivity contribution in [3.63, 3.8) is 0 Å². The second-order valence-electron chi connectivity index (χ2n) is 6.08. The molecule has 0 unspecified atom stereocenters. The van der Waals surface area contributed by atoms with Crippen molar-refractivity contribution >= 4 is 0 Å². The third kappa shape index (κ3) is 3.21. The molecule has 0 bridgehead atoms. The Morgan fingerprint density at radius 2 is 1.67 bits per heavy atom. The predicted octanol–water partition coefficient (Wildman–Crippen LogP) is 3.28. The fraction of sp³-hybridized carbons (Fsp3) is 0.190. The first-order valence-electron chi connectivity index (χ1n) is 8.41. The fourth-order valence-corrected chi connectivity index (χ4v) is 3.29. The van der Waals surface area contributed by atoms with Crippen LogP contribution in [0.3, 0.4) is 0 Å². The van der Waals surface area contributed by atoms with E-state index in [0.717, 1.165) is 0 Å². The number of hydrogen-bond donors (Lipinski definition) is 1. The monoisotopic (exact) mass is 358 g/mol. The summed E-state index contributed by atoms with van der Waals surface area (Å²) in [6.45, 7) is 1.77. The highest BCUT2D eigenvalue weighted by Crippen LogP contribution is 2.37. The smallest absolute Gasteiger partial charge is 0.275 e. The molecular formula is C21H18N4O2. The Kier molecular flexibility index (Phi) is 5.10. The van der Waals surface area contributed by atoms with Gasteiger partial charge in [0.05, 0.1) is 24.9 Å². The molecule has 27 heavy (non-hydrogen) atoms. The van der Waals surface area contributed by atoms with Crippen LogP contribution >= 0.6 is 0 Å². The largest absolute Gasteiger partial charge is 0.496 e. The van der Waals surface area contributed by atoms with E-state index in [1.54, 1.807) is 31.2 Å². The third-order valence-electron chi connectivity index (χ3n) is 4.53. The summed E-state index contributed by atoms with van der Waals surface area (Å²) in [6, 6.07) is 20.4. The normalized spacial score (nSPS) is 11.6. The number of H-pyrrole nitrogens is 1. The maximum Gasteiger partial charge on any atom is 0.275 e. The van der Waals surface area contributed by atoms with E-state index in [9.17, 15) is 15.3 Å². The van der Waals surface area contributed by atoms with Crippen LogP contribution in [0.2, 0.25) is 0 Å². The molecule has 1 heterocycles. The van der Waals surface area contributed by atoms with E-state index in [0.29, 0.717) is 28.3 Å². The molecule has 0 radical (unpaired) electrons. The molecule has 1 aromatic heterocycles. The predicted molar refractivity (Wildman–Crippen MR) is 101 cm³/mol. The van der Waals surface area contributed by atoms with Crippen molar-refractivity contribution in [1.82, 2.24) is 9.78 Å². The molecule has 0 saturated heterocycles. The Labute approximate surface area is 156 Å². The summed E-state index contributed by atoms with van der Waals surface area (Å²) in [5.41, 5.74) is 2.02. The van der Waals surface area contributed by atoms with Gasteiger partial charge in [-0.15, -0.1) is 0 Å². The number of hydrogen-bond acceptors (Lipinski definition) is 4. The van der Waals surface area contributed by atoms with Crippen molar-refractivity contribution in [3.05, 3.63) is 81.8 Å². The van der Waals surface area contributed by atoms with Crippen LogP contribution < -0.4 is 10.3 Å². The number of aryl methyl sites for hydroxylation is 1. The number of nitriles is 2. The fourth-order valence-electron chi connectivity index (χ4n) is 3.29. The van der Waals surface area contributed by atoms with Crippen molar-refractivity contribution in [2.45, 2.75) is 12.8 Å². The van der Waals surface area contributed by atoms with Crippen LogP contribution in [0.4, 0.5) is 0 Å². The van der Waals surface area contributed by atoms with Gasteiger partial charge in [0.2, 0.25) is 0 Å². The van der Waals surface area contributed by atoms with Crippen LogP contribution in [0.1, 0.15) is 22.7 Å². The van der Waals surface area contributed by atoms with Gasteiger partial charge in [0.1, 0.15) is 11.7 Å². The first kappa shape index (κ1) is 18.0. The van der Waals surface area contributed by atoms with Crippen LogP contribution in [0.15, 0.2) is 59.4 Å². The summed E-state index contributed by atoms with van der Waals surface area (Å²) in [4.78, 5) is 13.2. The highest BCUT2D eigenvalue weighted by molar-refractivity contribution is 5.46. The molecule has 3 rings (SSSR count). The van der Waals surface area contributed by atoms with Crippen molar-refractivity contribution in [2.24, 2.45) is 5.92 Å². The minimum Gasteiger partial charge on any atom is -0.496 e. The topological polar surface area (TPSA) is 94.6 Å². The lowest BCUT2D eigenvalue weighted by Crippen LogP contribution is -2.23. The molecular weight excluding hydrogens is 340 g/mol. The van der Waals surface area contributed by atoms with Crippen molar-refractivity contribution in [3.8, 4) is 23.6 Å². The molecule has 3 aromatic rings. The Hall–Kier alpha value is -3.77. The van der Waals surface area contributed by atoms with Crippen LogP contribution in [-0.4, -0.2) is 16.9 Å². The van der Waals surface area contributed by atoms with Gasteiger partial charge in [0.25, 0.3) is 5.56 Å². The van der Waals surface area contributed by atoms with Crippen LogP contribution in [0, 0.1) is 35.5 Å². The van der Waals surface area contributed by atoms with Gasteiger partial charge in [-0.05, 0) is 25.1 Å². The first-order valence-corrected chi connectivity index (χ1v) is 8.41. The molecule has 0 aliphatic rings. The van der Waals surface area contributed by atoms with E-state index >= 15 is 0 Å². The number of aromatic nitrogens is 2. The molecule has 0 aliphatic heterocycles. The second kappa shape index (κ2) is 7.63. The third-order valence-corrected chi connectivity index (χ3v) is 4.53. The van der Waals surface area contributed by atoms with E-state index in [2.05, 4.69) is 5.10 Å². The molecule has 134 valence electrons. The average Bonchev–Trinajstić information content (AvgIpc) is 3.01. The van der Waals surface area contributed by atoms with Gasteiger partial charge in [0, 0.05) is 22.7 Å². The lowest BCUT2D eigenvalue weighted by molar-refractivity contribution is 0.406. The SMILES string of the molecule is COc1ccccc1[C@@H](c1c(C)[nH]n(-c2ccccc2)c1=O)C(C#N)C#N. The van der Waals surface area contributed by atoms with E-state index < -0.39 is 11.8 Å². The van der Waals surface area contributed by atoms with Gasteiger partial charge in [-0.3, -0.25) is 9.89 Å². The van der Waals surface area contributed by atoms with Crippen molar-refractivity contribution < 1.29 is 4.74 Å². The minimum atomic E-state index is -1.03. The quantitative estimate of drug-likeness (QED) is 0.757. The van der Waals surface area contributed by atoms with Gasteiger partial charge >= 0.3 is 0 Å². The molecule has 1 N–H and O–H groups in total. The first-order chi connectivity index (χ1) is 13.1. The van der Waals surface area contributed by atoms with Crippen LogP contribution in [-0.2, 0) is 0 Å². The standard InChI is InChI=1S/C21H18N4O2/c1-14-19(21(26)25(24-14)16-8-4-3-5-9-16)20(15(12-22)13-23)17-10-6-7-11-18(17)27-2/h3-11,15,20,24H,1-2H3/t20-/m0/s1. The molecule has 0 saturated carbocycles. The Bertz CT molecular complexity index is 1070. The zero-order chi connectivity index (χ0) is 19.4. The molecule has 0 fully saturated rings. The van der Waals surface area contributed by atoms with Gasteiger partial charge in [-0.25, -0.2) is 4.68 Å². The summed E-state index contributed by atoms with van der Waals surface area (Å²) in [5.74, 6) is -1.23. The van der Waals surface area contributed by atoms with Crippen molar-refractivity contribution in [1.29, 1.82) is 10.5 Å². The number of ether oxygens (including phenoxy) is 1. The Morgan fingerprint density at radius 3 is 2.30 bits per heavy atom. The summed E-state index contributed by atoms with van der Waals surface area (Å²) in [6.07, 6.45) is 0. The van der Waals surface area contributed by atoms with Gasteiger partial charge in [-0.2, -0.15) is 10.5 Å². The van der Waals surface area contributed by atoms with Gasteiger partial charge in [-0.1, -0.05) is 36.4 Å². The Balaban J connectivity index is 2.26. The molecule has 6 nitrogen and oxygen atoms in total. The number of nitrogens with one attached hydrogen (secondary N) is 1. The minimum absolute atomic E-state index is 0.287. The van der Waals surface area contributed by atoms with E-state index in [1.807, 2.05) is 42.5 Å². The zero-order valence-corrected chi connectivity index (χ0v) is 15.0. The average molecular weight is 358 g/mol. The summed E-state index contributed by atoms with van der Waals surface area (Å²) >= 11 is 0. The molecule has 0 spiro atoms. The second-order valence-corrected chi connectivity index (χ2v) is 6.08. The maximum atomic E-state index is 13.2. The van der Waals surface area contributed by atoms with Gasteiger partial charge in [0.15, 0.2) is 0 Å². The summed E-state index contributed by atoms with van der Waals surface area (Å²) in [7, 11) is 1.52. The molecule has 0 aliphatic carbocycles. The van der Waals surface area contributed by atoms with E-state index in [1.165, 1.54) is 11.8 Å². The summed E-state index contributed by atoms with van der Waals surface area (Å²) < 4.78 is 6.85. The Morgan fingerprint density at radius 1 is 1.04 bits per heavy atom. The van der Waals surface area contributed by atoms with E-state index in [4.69, 9.17) is 4.74 Å². The number of aromatic amines is 1. The maximum absolute atomic E-state index is 13.2. The molecule has 0 amide bonds. The molecule has 6 heteroatoms.